The van der Waals surface area contributed by atoms with Gasteiger partial charge in [-0.3, -0.25) is 9.48 Å². The molecule has 0 radical (unpaired) electrons. The van der Waals surface area contributed by atoms with Crippen LogP contribution in [0.25, 0.3) is 11.3 Å². The van der Waals surface area contributed by atoms with Gasteiger partial charge in [0, 0.05) is 44.0 Å². The van der Waals surface area contributed by atoms with E-state index >= 15 is 0 Å². The van der Waals surface area contributed by atoms with Crippen molar-refractivity contribution in [2.75, 3.05) is 18.0 Å². The van der Waals surface area contributed by atoms with Crippen molar-refractivity contribution in [3.8, 4) is 11.3 Å². The first-order valence-corrected chi connectivity index (χ1v) is 7.41. The van der Waals surface area contributed by atoms with Crippen LogP contribution in [0.3, 0.4) is 0 Å². The molecule has 1 aliphatic heterocycles. The van der Waals surface area contributed by atoms with Crippen LogP contribution in [0.5, 0.6) is 0 Å². The van der Waals surface area contributed by atoms with Crippen LogP contribution in [0.4, 0.5) is 5.95 Å². The van der Waals surface area contributed by atoms with Gasteiger partial charge in [-0.15, -0.1) is 0 Å². The van der Waals surface area contributed by atoms with E-state index in [1.54, 1.807) is 10.9 Å². The van der Waals surface area contributed by atoms with E-state index in [-0.39, 0.29) is 11.8 Å². The number of carbonyl (C=O) groups excluding carboxylic acids is 1. The molecule has 0 aliphatic carbocycles. The lowest BCUT2D eigenvalue weighted by Gasteiger charge is -2.30. The summed E-state index contributed by atoms with van der Waals surface area (Å²) in [7, 11) is 1.88. The number of primary amides is 1. The molecule has 1 aliphatic rings. The number of aromatic nitrogens is 4. The van der Waals surface area contributed by atoms with Crippen molar-refractivity contribution in [1.29, 1.82) is 0 Å². The van der Waals surface area contributed by atoms with Gasteiger partial charge in [0.2, 0.25) is 11.9 Å². The summed E-state index contributed by atoms with van der Waals surface area (Å²) in [5.41, 5.74) is 8.27. The Labute approximate surface area is 129 Å². The fourth-order valence-corrected chi connectivity index (χ4v) is 2.78. The molecule has 7 nitrogen and oxygen atoms in total. The van der Waals surface area contributed by atoms with E-state index in [2.05, 4.69) is 15.0 Å². The molecule has 0 atom stereocenters. The molecule has 0 saturated carbocycles. The van der Waals surface area contributed by atoms with Crippen molar-refractivity contribution in [3.05, 3.63) is 24.2 Å². The van der Waals surface area contributed by atoms with Crippen LogP contribution in [0.15, 0.2) is 18.6 Å². The minimum atomic E-state index is -0.208. The minimum absolute atomic E-state index is 0.0282. The molecule has 2 N–H and O–H groups in total. The average Bonchev–Trinajstić information content (AvgIpc) is 2.94. The van der Waals surface area contributed by atoms with Crippen molar-refractivity contribution in [2.24, 2.45) is 18.7 Å². The van der Waals surface area contributed by atoms with Crippen molar-refractivity contribution in [2.45, 2.75) is 19.8 Å². The van der Waals surface area contributed by atoms with Gasteiger partial charge in [0.25, 0.3) is 0 Å². The first kappa shape index (κ1) is 14.5. The minimum Gasteiger partial charge on any atom is -0.369 e. The molecule has 0 unspecified atom stereocenters. The Balaban J connectivity index is 1.82. The van der Waals surface area contributed by atoms with E-state index in [4.69, 9.17) is 10.7 Å². The summed E-state index contributed by atoms with van der Waals surface area (Å²) in [6.07, 6.45) is 7.10. The van der Waals surface area contributed by atoms with Gasteiger partial charge in [-0.1, -0.05) is 0 Å². The summed E-state index contributed by atoms with van der Waals surface area (Å²) in [4.78, 5) is 22.5. The second-order valence-electron chi connectivity index (χ2n) is 5.77. The molecule has 7 heteroatoms. The van der Waals surface area contributed by atoms with Crippen molar-refractivity contribution < 1.29 is 4.79 Å². The topological polar surface area (TPSA) is 89.9 Å². The molecule has 2 aromatic rings. The van der Waals surface area contributed by atoms with Crippen LogP contribution in [0.1, 0.15) is 18.4 Å². The monoisotopic (exact) mass is 300 g/mol. The molecule has 1 saturated heterocycles. The molecule has 22 heavy (non-hydrogen) atoms. The Morgan fingerprint density at radius 3 is 2.64 bits per heavy atom. The lowest BCUT2D eigenvalue weighted by Crippen LogP contribution is -2.39. The second-order valence-corrected chi connectivity index (χ2v) is 5.77. The van der Waals surface area contributed by atoms with E-state index in [1.165, 1.54) is 0 Å². The maximum Gasteiger partial charge on any atom is 0.225 e. The fraction of sp³-hybridized carbons (Fsp3) is 0.467. The van der Waals surface area contributed by atoms with Crippen molar-refractivity contribution in [3.63, 3.8) is 0 Å². The number of anilines is 1. The quantitative estimate of drug-likeness (QED) is 0.909. The van der Waals surface area contributed by atoms with Crippen LogP contribution >= 0.6 is 0 Å². The number of nitrogens with zero attached hydrogens (tertiary/aromatic N) is 5. The van der Waals surface area contributed by atoms with Crippen LogP contribution in [0.2, 0.25) is 0 Å². The Hall–Kier alpha value is -2.44. The highest BCUT2D eigenvalue weighted by Crippen LogP contribution is 2.25. The maximum absolute atomic E-state index is 11.2. The number of piperidine rings is 1. The summed E-state index contributed by atoms with van der Waals surface area (Å²) >= 11 is 0. The molecule has 2 aromatic heterocycles. The summed E-state index contributed by atoms with van der Waals surface area (Å²) in [6, 6.07) is 0. The van der Waals surface area contributed by atoms with E-state index < -0.39 is 0 Å². The Kier molecular flexibility index (Phi) is 3.79. The zero-order valence-corrected chi connectivity index (χ0v) is 12.9. The second kappa shape index (κ2) is 5.75. The number of nitrogens with two attached hydrogens (primary N) is 1. The SMILES string of the molecule is Cc1cnc(N2CCC(C(N)=O)CC2)nc1-c1cnn(C)c1. The highest BCUT2D eigenvalue weighted by atomic mass is 16.1. The molecule has 3 rings (SSSR count). The Bertz CT molecular complexity index is 687. The van der Waals surface area contributed by atoms with Gasteiger partial charge in [-0.25, -0.2) is 9.97 Å². The van der Waals surface area contributed by atoms with Gasteiger partial charge in [0.1, 0.15) is 0 Å². The van der Waals surface area contributed by atoms with E-state index in [0.29, 0.717) is 5.95 Å². The first-order valence-electron chi connectivity index (χ1n) is 7.41. The lowest BCUT2D eigenvalue weighted by atomic mass is 9.96. The van der Waals surface area contributed by atoms with Crippen LogP contribution in [0, 0.1) is 12.8 Å². The summed E-state index contributed by atoms with van der Waals surface area (Å²) in [5, 5.41) is 4.20. The molecule has 0 spiro atoms. The molecular formula is C15H20N6O. The number of amides is 1. The van der Waals surface area contributed by atoms with Crippen LogP contribution in [-0.2, 0) is 11.8 Å². The number of carbonyl (C=O) groups is 1. The molecule has 0 aromatic carbocycles. The van der Waals surface area contributed by atoms with Crippen LogP contribution in [-0.4, -0.2) is 38.7 Å². The predicted octanol–water partition coefficient (Wildman–Crippen LogP) is 0.887. The van der Waals surface area contributed by atoms with Crippen LogP contribution < -0.4 is 10.6 Å². The van der Waals surface area contributed by atoms with Gasteiger partial charge in [-0.2, -0.15) is 5.10 Å². The molecule has 1 fully saturated rings. The average molecular weight is 300 g/mol. The smallest absolute Gasteiger partial charge is 0.225 e. The lowest BCUT2D eigenvalue weighted by molar-refractivity contribution is -0.122. The third kappa shape index (κ3) is 2.79. The zero-order valence-electron chi connectivity index (χ0n) is 12.9. The highest BCUT2D eigenvalue weighted by molar-refractivity contribution is 5.77. The van der Waals surface area contributed by atoms with Gasteiger partial charge in [-0.05, 0) is 25.3 Å². The summed E-state index contributed by atoms with van der Waals surface area (Å²) < 4.78 is 1.76. The molecule has 116 valence electrons. The standard InChI is InChI=1S/C15H20N6O/c1-10-7-17-15(19-13(10)12-8-18-20(2)9-12)21-5-3-11(4-6-21)14(16)22/h7-9,11H,3-6H2,1-2H3,(H2,16,22). The normalized spacial score (nSPS) is 16.0. The molecule has 3 heterocycles. The summed E-state index contributed by atoms with van der Waals surface area (Å²) in [6.45, 7) is 3.50. The number of rotatable bonds is 3. The largest absolute Gasteiger partial charge is 0.369 e. The highest BCUT2D eigenvalue weighted by Gasteiger charge is 2.24. The van der Waals surface area contributed by atoms with E-state index in [1.807, 2.05) is 26.4 Å². The van der Waals surface area contributed by atoms with E-state index in [0.717, 1.165) is 42.8 Å². The number of hydrogen-bond donors (Lipinski definition) is 1. The predicted molar refractivity (Wildman–Crippen MR) is 83.1 cm³/mol. The molecular weight excluding hydrogens is 280 g/mol. The molecule has 1 amide bonds. The number of aryl methyl sites for hydroxylation is 2. The Morgan fingerprint density at radius 1 is 1.32 bits per heavy atom. The third-order valence-corrected chi connectivity index (χ3v) is 4.12. The zero-order chi connectivity index (χ0) is 15.7. The fourth-order valence-electron chi connectivity index (χ4n) is 2.78. The van der Waals surface area contributed by atoms with Gasteiger partial charge >= 0.3 is 0 Å². The first-order chi connectivity index (χ1) is 10.5. The van der Waals surface area contributed by atoms with Gasteiger partial charge in [0.15, 0.2) is 0 Å². The van der Waals surface area contributed by atoms with Crippen molar-refractivity contribution in [1.82, 2.24) is 19.7 Å². The third-order valence-electron chi connectivity index (χ3n) is 4.12. The van der Waals surface area contributed by atoms with Gasteiger partial charge < -0.3 is 10.6 Å². The van der Waals surface area contributed by atoms with E-state index in [9.17, 15) is 4.79 Å². The summed E-state index contributed by atoms with van der Waals surface area (Å²) in [5.74, 6) is 0.465. The molecule has 0 bridgehead atoms. The van der Waals surface area contributed by atoms with Gasteiger partial charge in [0.05, 0.1) is 11.9 Å². The van der Waals surface area contributed by atoms with Crippen molar-refractivity contribution >= 4 is 11.9 Å². The Morgan fingerprint density at radius 2 is 2.05 bits per heavy atom. The maximum atomic E-state index is 11.2. The number of hydrogen-bond acceptors (Lipinski definition) is 5.